The Balaban J connectivity index is 0.00000336. The summed E-state index contributed by atoms with van der Waals surface area (Å²) < 4.78 is 30.3. The number of nitrogens with zero attached hydrogens (tertiary/aromatic N) is 9. The van der Waals surface area contributed by atoms with E-state index in [0.717, 1.165) is 49.8 Å². The van der Waals surface area contributed by atoms with Gasteiger partial charge in [0.05, 0.1) is 12.7 Å². The van der Waals surface area contributed by atoms with Gasteiger partial charge in [0.1, 0.15) is 10.6 Å². The van der Waals surface area contributed by atoms with Crippen LogP contribution < -0.4 is 4.90 Å². The van der Waals surface area contributed by atoms with Crippen LogP contribution in [0.5, 0.6) is 0 Å². The molecule has 1 aliphatic heterocycles. The third-order valence-electron chi connectivity index (χ3n) is 6.60. The minimum Gasteiger partial charge on any atom is -0.352 e. The van der Waals surface area contributed by atoms with Crippen LogP contribution in [0.25, 0.3) is 11.3 Å². The Hall–Kier alpha value is -3.32. The standard InChI is InChI=1S/C25H31N9O2S.ClH/c1-30-20-23(18-29-30)37(35,36)31(2)12-13-32-14-16-33(17-15-32)25-24(26-9-10-27-25)22-6-4-21(5-7-22)19-34-11-3-8-28-34;/h3-11,18,20H,12-17,19H2,1-2H3;1H. The van der Waals surface area contributed by atoms with Crippen LogP contribution in [0.4, 0.5) is 5.82 Å². The molecule has 0 aliphatic carbocycles. The van der Waals surface area contributed by atoms with Crippen LogP contribution in [0, 0.1) is 0 Å². The fraction of sp³-hybridized carbons (Fsp3) is 0.360. The maximum atomic E-state index is 12.8. The van der Waals surface area contributed by atoms with E-state index < -0.39 is 10.0 Å². The molecule has 1 aliphatic rings. The van der Waals surface area contributed by atoms with Crippen molar-refractivity contribution < 1.29 is 8.42 Å². The van der Waals surface area contributed by atoms with E-state index in [1.807, 2.05) is 16.9 Å². The van der Waals surface area contributed by atoms with Gasteiger partial charge in [-0.1, -0.05) is 24.3 Å². The first-order valence-electron chi connectivity index (χ1n) is 12.2. The van der Waals surface area contributed by atoms with Crippen LogP contribution in [-0.4, -0.2) is 93.5 Å². The monoisotopic (exact) mass is 557 g/mol. The fourth-order valence-electron chi connectivity index (χ4n) is 4.41. The number of halogens is 1. The highest BCUT2D eigenvalue weighted by Crippen LogP contribution is 2.27. The molecule has 1 fully saturated rings. The average molecular weight is 558 g/mol. The number of hydrogen-bond donors (Lipinski definition) is 0. The van der Waals surface area contributed by atoms with E-state index in [-0.39, 0.29) is 17.3 Å². The molecule has 38 heavy (non-hydrogen) atoms. The van der Waals surface area contributed by atoms with Gasteiger partial charge in [-0.25, -0.2) is 13.4 Å². The molecule has 0 bridgehead atoms. The molecule has 5 rings (SSSR count). The third kappa shape index (κ3) is 6.21. The predicted octanol–water partition coefficient (Wildman–Crippen LogP) is 1.99. The number of likely N-dealkylation sites (N-methyl/N-ethyl adjacent to an activating group) is 1. The van der Waals surface area contributed by atoms with Gasteiger partial charge in [0, 0.05) is 89.9 Å². The quantitative estimate of drug-likeness (QED) is 0.308. The highest BCUT2D eigenvalue weighted by molar-refractivity contribution is 7.89. The van der Waals surface area contributed by atoms with E-state index in [9.17, 15) is 8.42 Å². The first kappa shape index (κ1) is 27.7. The van der Waals surface area contributed by atoms with Crippen LogP contribution >= 0.6 is 12.4 Å². The summed E-state index contributed by atoms with van der Waals surface area (Å²) >= 11 is 0. The topological polar surface area (TPSA) is 105 Å². The summed E-state index contributed by atoms with van der Waals surface area (Å²) in [6.45, 7) is 5.03. The van der Waals surface area contributed by atoms with Gasteiger partial charge in [-0.3, -0.25) is 19.2 Å². The second-order valence-electron chi connectivity index (χ2n) is 9.13. The van der Waals surface area contributed by atoms with Gasteiger partial charge in [-0.2, -0.15) is 14.5 Å². The number of benzene rings is 1. The molecule has 0 radical (unpaired) electrons. The lowest BCUT2D eigenvalue weighted by Gasteiger charge is -2.36. The molecule has 13 heteroatoms. The van der Waals surface area contributed by atoms with Crippen molar-refractivity contribution in [1.82, 2.24) is 38.7 Å². The number of aryl methyl sites for hydroxylation is 1. The van der Waals surface area contributed by atoms with Gasteiger partial charge in [0.15, 0.2) is 5.82 Å². The lowest BCUT2D eigenvalue weighted by molar-refractivity contribution is 0.243. The fourth-order valence-corrected chi connectivity index (χ4v) is 5.56. The number of aromatic nitrogens is 6. The largest absolute Gasteiger partial charge is 0.352 e. The molecule has 4 heterocycles. The van der Waals surface area contributed by atoms with Gasteiger partial charge in [0.25, 0.3) is 0 Å². The van der Waals surface area contributed by atoms with E-state index >= 15 is 0 Å². The van der Waals surface area contributed by atoms with E-state index in [1.54, 1.807) is 32.7 Å². The summed E-state index contributed by atoms with van der Waals surface area (Å²) in [7, 11) is -0.214. The SMILES string of the molecule is CN(CCN1CCN(c2nccnc2-c2ccc(Cn3cccn3)cc2)CC1)S(=O)(=O)c1cnn(C)c1.Cl. The molecule has 0 unspecified atom stereocenters. The highest BCUT2D eigenvalue weighted by atomic mass is 35.5. The molecule has 0 spiro atoms. The number of hydrogen-bond acceptors (Lipinski definition) is 8. The minimum atomic E-state index is -3.54. The van der Waals surface area contributed by atoms with E-state index in [0.29, 0.717) is 13.1 Å². The Morgan fingerprint density at radius 3 is 2.37 bits per heavy atom. The minimum absolute atomic E-state index is 0. The molecule has 3 aromatic heterocycles. The molecule has 1 aromatic carbocycles. The zero-order valence-corrected chi connectivity index (χ0v) is 23.1. The molecule has 202 valence electrons. The molecular formula is C25H32ClN9O2S. The van der Waals surface area contributed by atoms with Crippen molar-refractivity contribution in [2.45, 2.75) is 11.4 Å². The molecule has 0 atom stereocenters. The van der Waals surface area contributed by atoms with Gasteiger partial charge in [-0.15, -0.1) is 12.4 Å². The van der Waals surface area contributed by atoms with Crippen LogP contribution in [0.2, 0.25) is 0 Å². The van der Waals surface area contributed by atoms with Crippen LogP contribution in [-0.2, 0) is 23.6 Å². The summed E-state index contributed by atoms with van der Waals surface area (Å²) in [5, 5.41) is 8.25. The summed E-state index contributed by atoms with van der Waals surface area (Å²) in [4.78, 5) is 14.1. The van der Waals surface area contributed by atoms with E-state index in [2.05, 4.69) is 54.2 Å². The molecule has 4 aromatic rings. The Morgan fingerprint density at radius 1 is 0.974 bits per heavy atom. The molecule has 1 saturated heterocycles. The highest BCUT2D eigenvalue weighted by Gasteiger charge is 2.25. The Morgan fingerprint density at radius 2 is 1.71 bits per heavy atom. The van der Waals surface area contributed by atoms with E-state index in [1.165, 1.54) is 26.9 Å². The first-order chi connectivity index (χ1) is 17.9. The van der Waals surface area contributed by atoms with Gasteiger partial charge >= 0.3 is 0 Å². The number of sulfonamides is 1. The summed E-state index contributed by atoms with van der Waals surface area (Å²) in [5.41, 5.74) is 3.06. The van der Waals surface area contributed by atoms with Gasteiger partial charge in [-0.05, 0) is 11.6 Å². The average Bonchev–Trinajstić information content (AvgIpc) is 3.60. The molecule has 0 N–H and O–H groups in total. The molecule has 0 saturated carbocycles. The Bertz CT molecular complexity index is 1420. The Kier molecular flexibility index (Phi) is 8.77. The van der Waals surface area contributed by atoms with Crippen LogP contribution in [0.15, 0.2) is 72.4 Å². The van der Waals surface area contributed by atoms with Crippen LogP contribution in [0.1, 0.15) is 5.56 Å². The predicted molar refractivity (Wildman–Crippen MR) is 148 cm³/mol. The summed E-state index contributed by atoms with van der Waals surface area (Å²) in [6.07, 6.45) is 10.1. The molecule has 11 nitrogen and oxygen atoms in total. The smallest absolute Gasteiger partial charge is 0.245 e. The zero-order chi connectivity index (χ0) is 25.8. The first-order valence-corrected chi connectivity index (χ1v) is 13.6. The van der Waals surface area contributed by atoms with Gasteiger partial charge in [0.2, 0.25) is 10.0 Å². The van der Waals surface area contributed by atoms with Crippen LogP contribution in [0.3, 0.4) is 0 Å². The van der Waals surface area contributed by atoms with Crippen molar-refractivity contribution >= 4 is 28.2 Å². The number of rotatable bonds is 9. The van der Waals surface area contributed by atoms with Crippen molar-refractivity contribution in [2.75, 3.05) is 51.2 Å². The second kappa shape index (κ2) is 12.0. The maximum absolute atomic E-state index is 12.8. The lowest BCUT2D eigenvalue weighted by atomic mass is 10.1. The Labute approximate surface area is 229 Å². The normalized spacial score (nSPS) is 14.6. The van der Waals surface area contributed by atoms with E-state index in [4.69, 9.17) is 0 Å². The van der Waals surface area contributed by atoms with Crippen molar-refractivity contribution in [3.8, 4) is 11.3 Å². The summed E-state index contributed by atoms with van der Waals surface area (Å²) in [5.74, 6) is 0.873. The molecular weight excluding hydrogens is 526 g/mol. The molecule has 0 amide bonds. The van der Waals surface area contributed by atoms with Crippen molar-refractivity contribution in [2.24, 2.45) is 7.05 Å². The lowest BCUT2D eigenvalue weighted by Crippen LogP contribution is -2.49. The zero-order valence-electron chi connectivity index (χ0n) is 21.5. The summed E-state index contributed by atoms with van der Waals surface area (Å²) in [6, 6.07) is 10.3. The second-order valence-corrected chi connectivity index (χ2v) is 11.2. The van der Waals surface area contributed by atoms with Crippen molar-refractivity contribution in [1.29, 1.82) is 0 Å². The van der Waals surface area contributed by atoms with Crippen molar-refractivity contribution in [3.05, 3.63) is 73.1 Å². The van der Waals surface area contributed by atoms with Gasteiger partial charge < -0.3 is 4.90 Å². The van der Waals surface area contributed by atoms with Crippen molar-refractivity contribution in [3.63, 3.8) is 0 Å². The number of piperazine rings is 1. The maximum Gasteiger partial charge on any atom is 0.245 e. The third-order valence-corrected chi connectivity index (χ3v) is 8.41. The number of anilines is 1.